The molecule has 90 valence electrons. The molecule has 1 saturated carbocycles. The molecule has 1 aliphatic carbocycles. The van der Waals surface area contributed by atoms with Crippen LogP contribution in [0.25, 0.3) is 0 Å². The van der Waals surface area contributed by atoms with Gasteiger partial charge in [-0.1, -0.05) is 18.3 Å². The molecule has 1 aromatic heterocycles. The number of hydrogen-bond donors (Lipinski definition) is 2. The largest absolute Gasteiger partial charge is 0.318 e. The van der Waals surface area contributed by atoms with Crippen LogP contribution < -0.4 is 9.60 Å². The minimum Gasteiger partial charge on any atom is -0.318 e. The fourth-order valence-corrected chi connectivity index (χ4v) is 3.67. The summed E-state index contributed by atoms with van der Waals surface area (Å²) < 4.78 is 26.2. The Morgan fingerprint density at radius 2 is 2.25 bits per heavy atom. The van der Waals surface area contributed by atoms with Crippen LogP contribution in [0.15, 0.2) is 15.2 Å². The fraction of sp³-hybridized carbons (Fsp3) is 0.667. The molecule has 0 aromatic carbocycles. The number of nitrogens with one attached hydrogen (secondary N) is 2. The maximum absolute atomic E-state index is 11.8. The number of aromatic nitrogens is 1. The van der Waals surface area contributed by atoms with Crippen LogP contribution in [0.3, 0.4) is 0 Å². The average molecular weight is 262 g/mol. The number of rotatable bonds is 5. The predicted molar refractivity (Wildman–Crippen MR) is 62.1 cm³/mol. The van der Waals surface area contributed by atoms with Crippen LogP contribution in [0.1, 0.15) is 26.2 Å². The highest BCUT2D eigenvalue weighted by molar-refractivity contribution is 7.91. The Labute approximate surface area is 97.9 Å². The van der Waals surface area contributed by atoms with Gasteiger partial charge in [-0.2, -0.15) is 0 Å². The van der Waals surface area contributed by atoms with Gasteiger partial charge in [0.1, 0.15) is 0 Å². The summed E-state index contributed by atoms with van der Waals surface area (Å²) in [6.45, 7) is 2.54. The lowest BCUT2D eigenvalue weighted by atomic mass is 10.1. The lowest BCUT2D eigenvalue weighted by Gasteiger charge is -2.12. The number of aromatic amines is 1. The van der Waals surface area contributed by atoms with Crippen LogP contribution >= 0.6 is 11.3 Å². The van der Waals surface area contributed by atoms with Crippen molar-refractivity contribution in [2.24, 2.45) is 5.41 Å². The van der Waals surface area contributed by atoms with E-state index in [1.807, 2.05) is 0 Å². The number of hydrogen-bond acceptors (Lipinski definition) is 4. The number of thiazole rings is 1. The fourth-order valence-electron chi connectivity index (χ4n) is 1.55. The lowest BCUT2D eigenvalue weighted by molar-refractivity contribution is 0.476. The van der Waals surface area contributed by atoms with E-state index in [0.717, 1.165) is 19.3 Å². The molecule has 1 heterocycles. The zero-order valence-corrected chi connectivity index (χ0v) is 10.6. The third-order valence-electron chi connectivity index (χ3n) is 3.11. The number of sulfonamides is 1. The molecule has 1 fully saturated rings. The summed E-state index contributed by atoms with van der Waals surface area (Å²) in [5.74, 6) is 0. The monoisotopic (exact) mass is 262 g/mol. The van der Waals surface area contributed by atoms with Crippen molar-refractivity contribution in [3.8, 4) is 0 Å². The molecule has 0 atom stereocenters. The van der Waals surface area contributed by atoms with E-state index in [4.69, 9.17) is 0 Å². The van der Waals surface area contributed by atoms with E-state index in [-0.39, 0.29) is 14.5 Å². The normalized spacial score (nSPS) is 18.6. The van der Waals surface area contributed by atoms with Crippen LogP contribution in [-0.4, -0.2) is 19.9 Å². The minimum absolute atomic E-state index is 0.0596. The first kappa shape index (κ1) is 11.8. The maximum atomic E-state index is 11.8. The molecule has 0 amide bonds. The Kier molecular flexibility index (Phi) is 2.93. The molecule has 0 saturated heterocycles. The summed E-state index contributed by atoms with van der Waals surface area (Å²) in [6, 6.07) is 0. The van der Waals surface area contributed by atoms with Crippen LogP contribution in [0.5, 0.6) is 0 Å². The van der Waals surface area contributed by atoms with Crippen molar-refractivity contribution >= 4 is 21.4 Å². The summed E-state index contributed by atoms with van der Waals surface area (Å²) in [7, 11) is -3.51. The Morgan fingerprint density at radius 1 is 1.56 bits per heavy atom. The van der Waals surface area contributed by atoms with Crippen molar-refractivity contribution in [2.45, 2.75) is 30.4 Å². The molecule has 5 nitrogen and oxygen atoms in total. The molecule has 0 unspecified atom stereocenters. The molecule has 2 N–H and O–H groups in total. The molecule has 0 bridgehead atoms. The van der Waals surface area contributed by atoms with E-state index in [1.165, 1.54) is 6.20 Å². The first-order valence-corrected chi connectivity index (χ1v) is 7.46. The zero-order valence-electron chi connectivity index (χ0n) is 8.95. The van der Waals surface area contributed by atoms with E-state index in [1.54, 1.807) is 0 Å². The Bertz CT molecular complexity index is 525. The van der Waals surface area contributed by atoms with Crippen LogP contribution in [-0.2, 0) is 10.0 Å². The maximum Gasteiger partial charge on any atom is 0.305 e. The van der Waals surface area contributed by atoms with Gasteiger partial charge in [0.15, 0.2) is 4.21 Å². The smallest absolute Gasteiger partial charge is 0.305 e. The van der Waals surface area contributed by atoms with Gasteiger partial charge in [0, 0.05) is 12.7 Å². The summed E-state index contributed by atoms with van der Waals surface area (Å²) >= 11 is 0.712. The highest BCUT2D eigenvalue weighted by Crippen LogP contribution is 2.48. The zero-order chi connectivity index (χ0) is 11.8. The van der Waals surface area contributed by atoms with Gasteiger partial charge in [-0.05, 0) is 24.7 Å². The van der Waals surface area contributed by atoms with Crippen LogP contribution in [0, 0.1) is 5.41 Å². The third kappa shape index (κ3) is 2.36. The molecule has 0 aliphatic heterocycles. The summed E-state index contributed by atoms with van der Waals surface area (Å²) in [4.78, 5) is 12.9. The summed E-state index contributed by atoms with van der Waals surface area (Å²) in [5, 5.41) is 0. The quantitative estimate of drug-likeness (QED) is 0.827. The van der Waals surface area contributed by atoms with Gasteiger partial charge >= 0.3 is 4.87 Å². The van der Waals surface area contributed by atoms with Gasteiger partial charge in [0.05, 0.1) is 0 Å². The highest BCUT2D eigenvalue weighted by Gasteiger charge is 2.41. The van der Waals surface area contributed by atoms with Crippen molar-refractivity contribution in [1.82, 2.24) is 9.71 Å². The minimum atomic E-state index is -3.51. The van der Waals surface area contributed by atoms with Gasteiger partial charge in [0.25, 0.3) is 10.0 Å². The molecule has 0 radical (unpaired) electrons. The van der Waals surface area contributed by atoms with E-state index < -0.39 is 10.0 Å². The van der Waals surface area contributed by atoms with E-state index in [2.05, 4.69) is 16.6 Å². The van der Waals surface area contributed by atoms with E-state index >= 15 is 0 Å². The second kappa shape index (κ2) is 3.97. The molecule has 0 spiro atoms. The van der Waals surface area contributed by atoms with Crippen molar-refractivity contribution < 1.29 is 8.42 Å². The van der Waals surface area contributed by atoms with E-state index in [0.29, 0.717) is 17.9 Å². The van der Waals surface area contributed by atoms with Gasteiger partial charge in [0.2, 0.25) is 0 Å². The topological polar surface area (TPSA) is 79.0 Å². The Balaban J connectivity index is 2.06. The van der Waals surface area contributed by atoms with Crippen LogP contribution in [0.2, 0.25) is 0 Å². The van der Waals surface area contributed by atoms with Crippen molar-refractivity contribution in [3.63, 3.8) is 0 Å². The second-order valence-electron chi connectivity index (χ2n) is 4.18. The molecule has 1 aliphatic rings. The summed E-state index contributed by atoms with van der Waals surface area (Å²) in [5.41, 5.74) is 0.161. The molecule has 2 rings (SSSR count). The van der Waals surface area contributed by atoms with Crippen molar-refractivity contribution in [2.75, 3.05) is 6.54 Å². The molecule has 16 heavy (non-hydrogen) atoms. The highest BCUT2D eigenvalue weighted by atomic mass is 32.2. The summed E-state index contributed by atoms with van der Waals surface area (Å²) in [6.07, 6.45) is 4.38. The molecule has 7 heteroatoms. The molecular weight excluding hydrogens is 248 g/mol. The molecular formula is C9H14N2O3S2. The second-order valence-corrected chi connectivity index (χ2v) is 7.18. The van der Waals surface area contributed by atoms with Gasteiger partial charge in [-0.15, -0.1) is 0 Å². The third-order valence-corrected chi connectivity index (χ3v) is 5.81. The van der Waals surface area contributed by atoms with Gasteiger partial charge in [-0.25, -0.2) is 13.1 Å². The van der Waals surface area contributed by atoms with Gasteiger partial charge < -0.3 is 4.98 Å². The predicted octanol–water partition coefficient (Wildman–Crippen LogP) is 0.905. The Morgan fingerprint density at radius 3 is 2.69 bits per heavy atom. The van der Waals surface area contributed by atoms with Crippen LogP contribution in [0.4, 0.5) is 0 Å². The van der Waals surface area contributed by atoms with Crippen molar-refractivity contribution in [3.05, 3.63) is 15.9 Å². The lowest BCUT2D eigenvalue weighted by Crippen LogP contribution is -2.29. The van der Waals surface area contributed by atoms with Crippen molar-refractivity contribution in [1.29, 1.82) is 0 Å². The first-order valence-electron chi connectivity index (χ1n) is 5.16. The SMILES string of the molecule is CCC1(CNS(=O)(=O)c2c[nH]c(=O)s2)CC1. The average Bonchev–Trinajstić information content (AvgIpc) is 2.91. The van der Waals surface area contributed by atoms with Gasteiger partial charge in [-0.3, -0.25) is 4.79 Å². The standard InChI is InChI=1S/C9H14N2O3S2/c1-2-9(3-4-9)6-11-16(13,14)7-5-10-8(12)15-7/h5,11H,2-4,6H2,1H3,(H,10,12). The molecule has 1 aromatic rings. The Hall–Kier alpha value is -0.660. The first-order chi connectivity index (χ1) is 7.47. The number of H-pyrrole nitrogens is 1. The van der Waals surface area contributed by atoms with E-state index in [9.17, 15) is 13.2 Å².